The largest absolute Gasteiger partial charge is 0.447 e. The van der Waals surface area contributed by atoms with Crippen molar-refractivity contribution in [1.82, 2.24) is 5.32 Å². The highest BCUT2D eigenvalue weighted by molar-refractivity contribution is 5.85. The molecule has 0 bridgehead atoms. The van der Waals surface area contributed by atoms with Gasteiger partial charge < -0.3 is 10.1 Å². The molecular weight excluding hydrogens is 218 g/mol. The van der Waals surface area contributed by atoms with Gasteiger partial charge in [-0.3, -0.25) is 4.79 Å². The Labute approximate surface area is 101 Å². The Bertz CT molecular complexity index is 374. The van der Waals surface area contributed by atoms with Gasteiger partial charge in [0.25, 0.3) is 0 Å². The quantitative estimate of drug-likeness (QED) is 0.848. The monoisotopic (exact) mass is 235 g/mol. The molecule has 0 saturated heterocycles. The summed E-state index contributed by atoms with van der Waals surface area (Å²) in [4.78, 5) is 22.7. The number of alkyl carbamates (subject to hydrolysis) is 1. The molecule has 1 aromatic rings. The number of rotatable bonds is 5. The van der Waals surface area contributed by atoms with Crippen molar-refractivity contribution < 1.29 is 14.3 Å². The molecule has 0 saturated carbocycles. The van der Waals surface area contributed by atoms with E-state index in [2.05, 4.69) is 5.32 Å². The molecule has 0 unspecified atom stereocenters. The molecule has 0 spiro atoms. The number of carbonyl (C=O) groups excluding carboxylic acids is 2. The van der Waals surface area contributed by atoms with Gasteiger partial charge in [-0.25, -0.2) is 4.79 Å². The van der Waals surface area contributed by atoms with Gasteiger partial charge in [-0.2, -0.15) is 0 Å². The molecule has 1 N–H and O–H groups in total. The Morgan fingerprint density at radius 1 is 1.24 bits per heavy atom. The van der Waals surface area contributed by atoms with Crippen LogP contribution in [0.5, 0.6) is 0 Å². The summed E-state index contributed by atoms with van der Waals surface area (Å²) < 4.78 is 4.85. The summed E-state index contributed by atoms with van der Waals surface area (Å²) in [6.45, 7) is 3.51. The maximum atomic E-state index is 11.5. The highest BCUT2D eigenvalue weighted by atomic mass is 16.6. The zero-order valence-corrected chi connectivity index (χ0v) is 10.1. The fourth-order valence-electron chi connectivity index (χ4n) is 1.31. The second-order valence-electron chi connectivity index (χ2n) is 4.01. The van der Waals surface area contributed by atoms with Gasteiger partial charge >= 0.3 is 6.09 Å². The van der Waals surface area contributed by atoms with Crippen LogP contribution in [0.3, 0.4) is 0 Å². The molecule has 0 radical (unpaired) electrons. The Morgan fingerprint density at radius 3 is 2.47 bits per heavy atom. The number of ketones is 1. The minimum atomic E-state index is -0.554. The highest BCUT2D eigenvalue weighted by Crippen LogP contribution is 1.99. The van der Waals surface area contributed by atoms with Crippen LogP contribution in [-0.2, 0) is 16.0 Å². The SMILES string of the molecule is CC(C)OC(=O)NCC(=O)Cc1ccccc1. The number of nitrogens with one attached hydrogen (secondary N) is 1. The number of ether oxygens (including phenoxy) is 1. The van der Waals surface area contributed by atoms with Crippen molar-refractivity contribution in [3.63, 3.8) is 0 Å². The Kier molecular flexibility index (Phi) is 5.20. The third-order valence-corrected chi connectivity index (χ3v) is 2.02. The summed E-state index contributed by atoms with van der Waals surface area (Å²) in [5, 5.41) is 2.42. The number of amides is 1. The van der Waals surface area contributed by atoms with E-state index in [1.165, 1.54) is 0 Å². The molecule has 4 heteroatoms. The number of carbonyl (C=O) groups is 2. The third kappa shape index (κ3) is 5.70. The second kappa shape index (κ2) is 6.68. The lowest BCUT2D eigenvalue weighted by Crippen LogP contribution is -2.32. The average Bonchev–Trinajstić information content (AvgIpc) is 2.27. The molecule has 0 aliphatic carbocycles. The van der Waals surface area contributed by atoms with E-state index < -0.39 is 6.09 Å². The van der Waals surface area contributed by atoms with E-state index in [-0.39, 0.29) is 18.4 Å². The highest BCUT2D eigenvalue weighted by Gasteiger charge is 2.08. The van der Waals surface area contributed by atoms with E-state index >= 15 is 0 Å². The molecule has 4 nitrogen and oxygen atoms in total. The fraction of sp³-hybridized carbons (Fsp3) is 0.385. The molecular formula is C13H17NO3. The summed E-state index contributed by atoms with van der Waals surface area (Å²) in [6, 6.07) is 9.41. The van der Waals surface area contributed by atoms with Crippen molar-refractivity contribution >= 4 is 11.9 Å². The van der Waals surface area contributed by atoms with E-state index in [1.54, 1.807) is 13.8 Å². The molecule has 0 aliphatic heterocycles. The lowest BCUT2D eigenvalue weighted by Gasteiger charge is -2.08. The van der Waals surface area contributed by atoms with Gasteiger partial charge in [-0.1, -0.05) is 30.3 Å². The summed E-state index contributed by atoms with van der Waals surface area (Å²) >= 11 is 0. The van der Waals surface area contributed by atoms with Crippen molar-refractivity contribution in [2.75, 3.05) is 6.54 Å². The molecule has 0 atom stereocenters. The van der Waals surface area contributed by atoms with Gasteiger partial charge in [-0.05, 0) is 19.4 Å². The Balaban J connectivity index is 2.29. The van der Waals surface area contributed by atoms with Crippen LogP contribution < -0.4 is 5.32 Å². The normalized spacial score (nSPS) is 10.1. The van der Waals surface area contributed by atoms with E-state index in [0.717, 1.165) is 5.56 Å². The average molecular weight is 235 g/mol. The smallest absolute Gasteiger partial charge is 0.407 e. The Morgan fingerprint density at radius 2 is 1.88 bits per heavy atom. The van der Waals surface area contributed by atoms with Gasteiger partial charge in [0.15, 0.2) is 5.78 Å². The van der Waals surface area contributed by atoms with Crippen LogP contribution >= 0.6 is 0 Å². The summed E-state index contributed by atoms with van der Waals surface area (Å²) in [7, 11) is 0. The lowest BCUT2D eigenvalue weighted by atomic mass is 10.1. The molecule has 92 valence electrons. The topological polar surface area (TPSA) is 55.4 Å². The summed E-state index contributed by atoms with van der Waals surface area (Å²) in [6.07, 6.45) is -0.413. The van der Waals surface area contributed by atoms with E-state index in [0.29, 0.717) is 6.42 Å². The fourth-order valence-corrected chi connectivity index (χ4v) is 1.31. The zero-order chi connectivity index (χ0) is 12.7. The first-order valence-electron chi connectivity index (χ1n) is 5.58. The first kappa shape index (κ1) is 13.2. The van der Waals surface area contributed by atoms with E-state index in [9.17, 15) is 9.59 Å². The van der Waals surface area contributed by atoms with Crippen LogP contribution in [0, 0.1) is 0 Å². The maximum Gasteiger partial charge on any atom is 0.407 e. The second-order valence-corrected chi connectivity index (χ2v) is 4.01. The molecule has 1 aromatic carbocycles. The maximum absolute atomic E-state index is 11.5. The third-order valence-electron chi connectivity index (χ3n) is 2.02. The van der Waals surface area contributed by atoms with Crippen LogP contribution in [-0.4, -0.2) is 24.5 Å². The van der Waals surface area contributed by atoms with Crippen LogP contribution in [0.15, 0.2) is 30.3 Å². The number of hydrogen-bond acceptors (Lipinski definition) is 3. The van der Waals surface area contributed by atoms with Gasteiger partial charge in [0.1, 0.15) is 0 Å². The van der Waals surface area contributed by atoms with Gasteiger partial charge in [0.05, 0.1) is 12.6 Å². The molecule has 0 aromatic heterocycles. The van der Waals surface area contributed by atoms with Crippen molar-refractivity contribution in [3.05, 3.63) is 35.9 Å². The number of Topliss-reactive ketones (excluding diaryl/α,β-unsaturated/α-hetero) is 1. The minimum Gasteiger partial charge on any atom is -0.447 e. The van der Waals surface area contributed by atoms with Gasteiger partial charge in [0, 0.05) is 6.42 Å². The Hall–Kier alpha value is -1.84. The van der Waals surface area contributed by atoms with Crippen molar-refractivity contribution in [3.8, 4) is 0 Å². The van der Waals surface area contributed by atoms with Crippen molar-refractivity contribution in [2.45, 2.75) is 26.4 Å². The molecule has 0 fully saturated rings. The molecule has 1 amide bonds. The number of benzene rings is 1. The van der Waals surface area contributed by atoms with Gasteiger partial charge in [-0.15, -0.1) is 0 Å². The minimum absolute atomic E-state index is 0.000444. The van der Waals surface area contributed by atoms with Crippen LogP contribution in [0.1, 0.15) is 19.4 Å². The van der Waals surface area contributed by atoms with Crippen LogP contribution in [0.4, 0.5) is 4.79 Å². The molecule has 17 heavy (non-hydrogen) atoms. The van der Waals surface area contributed by atoms with E-state index in [1.807, 2.05) is 30.3 Å². The van der Waals surface area contributed by atoms with Gasteiger partial charge in [0.2, 0.25) is 0 Å². The van der Waals surface area contributed by atoms with Crippen molar-refractivity contribution in [2.24, 2.45) is 0 Å². The predicted octanol–water partition coefficient (Wildman–Crippen LogP) is 1.93. The van der Waals surface area contributed by atoms with E-state index in [4.69, 9.17) is 4.74 Å². The predicted molar refractivity (Wildman–Crippen MR) is 64.8 cm³/mol. The van der Waals surface area contributed by atoms with Crippen molar-refractivity contribution in [1.29, 1.82) is 0 Å². The lowest BCUT2D eigenvalue weighted by molar-refractivity contribution is -0.117. The first-order valence-corrected chi connectivity index (χ1v) is 5.58. The summed E-state index contributed by atoms with van der Waals surface area (Å²) in [5.74, 6) is -0.0445. The standard InChI is InChI=1S/C13H17NO3/c1-10(2)17-13(16)14-9-12(15)8-11-6-4-3-5-7-11/h3-7,10H,8-9H2,1-2H3,(H,14,16). The molecule has 0 heterocycles. The molecule has 1 rings (SSSR count). The first-order chi connectivity index (χ1) is 8.08. The molecule has 0 aliphatic rings. The zero-order valence-electron chi connectivity index (χ0n) is 10.1. The number of hydrogen-bond donors (Lipinski definition) is 1. The summed E-state index contributed by atoms with van der Waals surface area (Å²) in [5.41, 5.74) is 0.941. The van der Waals surface area contributed by atoms with Crippen LogP contribution in [0.25, 0.3) is 0 Å². The van der Waals surface area contributed by atoms with Crippen LogP contribution in [0.2, 0.25) is 0 Å².